The van der Waals surface area contributed by atoms with Gasteiger partial charge in [0.15, 0.2) is 0 Å². The summed E-state index contributed by atoms with van der Waals surface area (Å²) in [5, 5.41) is 11.8. The number of piperidine rings is 1. The van der Waals surface area contributed by atoms with Crippen molar-refractivity contribution in [2.45, 2.75) is 25.7 Å². The summed E-state index contributed by atoms with van der Waals surface area (Å²) < 4.78 is 26.5. The van der Waals surface area contributed by atoms with Crippen molar-refractivity contribution >= 4 is 33.0 Å². The fraction of sp³-hybridized carbons (Fsp3) is 0.588. The van der Waals surface area contributed by atoms with E-state index in [9.17, 15) is 13.2 Å². The summed E-state index contributed by atoms with van der Waals surface area (Å²) in [5.41, 5.74) is 7.92. The molecule has 1 saturated carbocycles. The van der Waals surface area contributed by atoms with Crippen molar-refractivity contribution in [2.24, 2.45) is 11.1 Å². The van der Waals surface area contributed by atoms with Crippen LogP contribution in [0.3, 0.4) is 0 Å². The largest absolute Gasteiger partial charge is 0.395 e. The SMILES string of the molecule is CNc1cc(NS(=O)(=O)CCO)cc(N2CCC3(CC2)CC3)c1C(N)=O. The Labute approximate surface area is 153 Å². The number of benzene rings is 1. The number of nitrogens with two attached hydrogens (primary N) is 1. The second-order valence-electron chi connectivity index (χ2n) is 7.16. The Kier molecular flexibility index (Phi) is 5.03. The molecule has 0 unspecified atom stereocenters. The maximum atomic E-state index is 12.1. The van der Waals surface area contributed by atoms with Crippen LogP contribution >= 0.6 is 0 Å². The summed E-state index contributed by atoms with van der Waals surface area (Å²) in [6, 6.07) is 3.20. The molecule has 0 aromatic heterocycles. The highest BCUT2D eigenvalue weighted by molar-refractivity contribution is 7.92. The summed E-state index contributed by atoms with van der Waals surface area (Å²) in [6.07, 6.45) is 4.68. The van der Waals surface area contributed by atoms with Crippen LogP contribution < -0.4 is 20.7 Å². The van der Waals surface area contributed by atoms with Gasteiger partial charge in [0.1, 0.15) is 0 Å². The third-order valence-electron chi connectivity index (χ3n) is 5.39. The van der Waals surface area contributed by atoms with E-state index >= 15 is 0 Å². The van der Waals surface area contributed by atoms with Crippen LogP contribution in [0.2, 0.25) is 0 Å². The molecule has 26 heavy (non-hydrogen) atoms. The first kappa shape index (κ1) is 18.8. The van der Waals surface area contributed by atoms with E-state index in [0.29, 0.717) is 28.0 Å². The average molecular weight is 382 g/mol. The smallest absolute Gasteiger partial charge is 0.252 e. The Balaban J connectivity index is 1.96. The van der Waals surface area contributed by atoms with Gasteiger partial charge in [-0.15, -0.1) is 0 Å². The van der Waals surface area contributed by atoms with Gasteiger partial charge in [0.25, 0.3) is 5.91 Å². The predicted molar refractivity (Wildman–Crippen MR) is 102 cm³/mol. The standard InChI is InChI=1S/C17H26N4O4S/c1-19-13-10-12(20-26(24,25)9-8-22)11-14(15(13)16(18)23)21-6-4-17(2-3-17)5-7-21/h10-11,19-20,22H,2-9H2,1H3,(H2,18,23). The van der Waals surface area contributed by atoms with Crippen molar-refractivity contribution in [3.05, 3.63) is 17.7 Å². The molecule has 2 fully saturated rings. The number of anilines is 3. The number of primary amides is 1. The van der Waals surface area contributed by atoms with Crippen molar-refractivity contribution < 1.29 is 18.3 Å². The van der Waals surface area contributed by atoms with E-state index < -0.39 is 22.5 Å². The van der Waals surface area contributed by atoms with Gasteiger partial charge in [-0.1, -0.05) is 0 Å². The number of nitrogens with zero attached hydrogens (tertiary/aromatic N) is 1. The normalized spacial score (nSPS) is 18.6. The van der Waals surface area contributed by atoms with Crippen LogP contribution in [0.25, 0.3) is 0 Å². The van der Waals surface area contributed by atoms with Gasteiger partial charge in [0.05, 0.1) is 35.0 Å². The lowest BCUT2D eigenvalue weighted by atomic mass is 9.92. The zero-order valence-electron chi connectivity index (χ0n) is 14.9. The monoisotopic (exact) mass is 382 g/mol. The topological polar surface area (TPSA) is 125 Å². The van der Waals surface area contributed by atoms with E-state index in [2.05, 4.69) is 14.9 Å². The van der Waals surface area contributed by atoms with Crippen LogP contribution in [-0.2, 0) is 10.0 Å². The Morgan fingerprint density at radius 1 is 1.27 bits per heavy atom. The second-order valence-corrected chi connectivity index (χ2v) is 9.01. The van der Waals surface area contributed by atoms with Crippen molar-refractivity contribution in [3.8, 4) is 0 Å². The van der Waals surface area contributed by atoms with Gasteiger partial charge >= 0.3 is 0 Å². The highest BCUT2D eigenvalue weighted by Gasteiger charge is 2.44. The quantitative estimate of drug-likeness (QED) is 0.556. The van der Waals surface area contributed by atoms with E-state index in [1.165, 1.54) is 12.8 Å². The minimum absolute atomic E-state index is 0.342. The number of hydrogen-bond donors (Lipinski definition) is 4. The Morgan fingerprint density at radius 2 is 1.92 bits per heavy atom. The predicted octanol–water partition coefficient (Wildman–Crippen LogP) is 0.942. The molecular weight excluding hydrogens is 356 g/mol. The van der Waals surface area contributed by atoms with E-state index in [0.717, 1.165) is 25.9 Å². The summed E-state index contributed by atoms with van der Waals surface area (Å²) in [7, 11) is -2.00. The third kappa shape index (κ3) is 3.88. The maximum Gasteiger partial charge on any atom is 0.252 e. The van der Waals surface area contributed by atoms with Crippen molar-refractivity contribution in [3.63, 3.8) is 0 Å². The van der Waals surface area contributed by atoms with Crippen molar-refractivity contribution in [2.75, 3.05) is 47.4 Å². The number of carbonyl (C=O) groups is 1. The zero-order valence-corrected chi connectivity index (χ0v) is 15.7. The molecule has 0 atom stereocenters. The molecular formula is C17H26N4O4S. The van der Waals surface area contributed by atoms with Crippen LogP contribution in [-0.4, -0.2) is 51.9 Å². The molecule has 3 rings (SSSR count). The van der Waals surface area contributed by atoms with Crippen LogP contribution in [0.15, 0.2) is 12.1 Å². The number of aliphatic hydroxyl groups is 1. The van der Waals surface area contributed by atoms with Crippen LogP contribution in [0, 0.1) is 5.41 Å². The fourth-order valence-electron chi connectivity index (χ4n) is 3.64. The van der Waals surface area contributed by atoms with Crippen molar-refractivity contribution in [1.29, 1.82) is 0 Å². The first-order valence-corrected chi connectivity index (χ1v) is 10.5. The Morgan fingerprint density at radius 3 is 2.42 bits per heavy atom. The Hall–Kier alpha value is -2.00. The molecule has 0 bridgehead atoms. The number of amides is 1. The van der Waals surface area contributed by atoms with E-state index in [1.807, 2.05) is 0 Å². The van der Waals surface area contributed by atoms with Gasteiger partial charge in [0, 0.05) is 20.1 Å². The van der Waals surface area contributed by atoms with Gasteiger partial charge in [-0.2, -0.15) is 0 Å². The molecule has 1 aromatic carbocycles. The minimum Gasteiger partial charge on any atom is -0.395 e. The number of aliphatic hydroxyl groups excluding tert-OH is 1. The molecule has 1 spiro atoms. The van der Waals surface area contributed by atoms with Gasteiger partial charge in [-0.25, -0.2) is 8.42 Å². The lowest BCUT2D eigenvalue weighted by Crippen LogP contribution is -2.36. The first-order chi connectivity index (χ1) is 12.3. The molecule has 1 saturated heterocycles. The van der Waals surface area contributed by atoms with Crippen molar-refractivity contribution in [1.82, 2.24) is 0 Å². The molecule has 8 nitrogen and oxygen atoms in total. The van der Waals surface area contributed by atoms with Crippen LogP contribution in [0.4, 0.5) is 17.1 Å². The van der Waals surface area contributed by atoms with E-state index in [-0.39, 0.29) is 5.75 Å². The summed E-state index contributed by atoms with van der Waals surface area (Å²) in [6.45, 7) is 1.17. The maximum absolute atomic E-state index is 12.1. The number of sulfonamides is 1. The van der Waals surface area contributed by atoms with Crippen LogP contribution in [0.1, 0.15) is 36.0 Å². The molecule has 1 aliphatic heterocycles. The number of carbonyl (C=O) groups excluding carboxylic acids is 1. The summed E-state index contributed by atoms with van der Waals surface area (Å²) in [5.74, 6) is -0.943. The third-order valence-corrected chi connectivity index (χ3v) is 6.66. The van der Waals surface area contributed by atoms with Gasteiger partial charge in [-0.05, 0) is 43.2 Å². The Bertz CT molecular complexity index is 795. The molecule has 144 valence electrons. The molecule has 0 radical (unpaired) electrons. The van der Waals surface area contributed by atoms with Gasteiger partial charge < -0.3 is 21.1 Å². The summed E-state index contributed by atoms with van der Waals surface area (Å²) >= 11 is 0. The minimum atomic E-state index is -3.66. The summed E-state index contributed by atoms with van der Waals surface area (Å²) in [4.78, 5) is 14.2. The molecule has 2 aliphatic rings. The highest BCUT2D eigenvalue weighted by atomic mass is 32.2. The van der Waals surface area contributed by atoms with Gasteiger partial charge in [0.2, 0.25) is 10.0 Å². The van der Waals surface area contributed by atoms with Crippen LogP contribution in [0.5, 0.6) is 0 Å². The highest BCUT2D eigenvalue weighted by Crippen LogP contribution is 2.54. The number of hydrogen-bond acceptors (Lipinski definition) is 6. The first-order valence-electron chi connectivity index (χ1n) is 8.81. The number of nitrogens with one attached hydrogen (secondary N) is 2. The van der Waals surface area contributed by atoms with E-state index in [4.69, 9.17) is 10.8 Å². The molecule has 1 amide bonds. The molecule has 5 N–H and O–H groups in total. The molecule has 1 heterocycles. The zero-order chi connectivity index (χ0) is 18.9. The second kappa shape index (κ2) is 6.96. The number of rotatable bonds is 7. The van der Waals surface area contributed by atoms with Gasteiger partial charge in [-0.3, -0.25) is 9.52 Å². The van der Waals surface area contributed by atoms with E-state index in [1.54, 1.807) is 19.2 Å². The fourth-order valence-corrected chi connectivity index (χ4v) is 4.46. The lowest BCUT2D eigenvalue weighted by molar-refractivity contribution is 0.100. The average Bonchev–Trinajstić information content (AvgIpc) is 3.33. The lowest BCUT2D eigenvalue weighted by Gasteiger charge is -2.35. The molecule has 9 heteroatoms. The molecule has 1 aliphatic carbocycles. The molecule has 1 aromatic rings.